The van der Waals surface area contributed by atoms with Crippen molar-refractivity contribution in [2.75, 3.05) is 6.54 Å². The average molecular weight is 199 g/mol. The van der Waals surface area contributed by atoms with E-state index in [9.17, 15) is 5.11 Å². The van der Waals surface area contributed by atoms with E-state index in [0.29, 0.717) is 12.0 Å². The third kappa shape index (κ3) is 3.97. The molecular formula is C12H25NO. The lowest BCUT2D eigenvalue weighted by atomic mass is 9.88. The Morgan fingerprint density at radius 1 is 1.43 bits per heavy atom. The van der Waals surface area contributed by atoms with E-state index in [-0.39, 0.29) is 0 Å². The maximum atomic E-state index is 10.3. The van der Waals surface area contributed by atoms with Gasteiger partial charge in [-0.2, -0.15) is 0 Å². The number of rotatable bonds is 7. The Balaban J connectivity index is 2.29. The van der Waals surface area contributed by atoms with Gasteiger partial charge >= 0.3 is 0 Å². The summed E-state index contributed by atoms with van der Waals surface area (Å²) >= 11 is 0. The van der Waals surface area contributed by atoms with E-state index in [0.717, 1.165) is 25.8 Å². The van der Waals surface area contributed by atoms with Gasteiger partial charge in [0.25, 0.3) is 0 Å². The summed E-state index contributed by atoms with van der Waals surface area (Å²) in [6.45, 7) is 7.27. The predicted octanol–water partition coefficient (Wildman–Crippen LogP) is 2.32. The number of nitrogens with one attached hydrogen (secondary N) is 1. The first-order valence-electron chi connectivity index (χ1n) is 6.05. The van der Waals surface area contributed by atoms with Gasteiger partial charge in [0, 0.05) is 12.6 Å². The van der Waals surface area contributed by atoms with Gasteiger partial charge in [0.1, 0.15) is 0 Å². The van der Waals surface area contributed by atoms with Crippen LogP contribution in [0, 0.1) is 5.92 Å². The summed E-state index contributed by atoms with van der Waals surface area (Å²) in [5.41, 5.74) is -0.474. The van der Waals surface area contributed by atoms with Crippen LogP contribution in [0.5, 0.6) is 0 Å². The van der Waals surface area contributed by atoms with Crippen LogP contribution >= 0.6 is 0 Å². The molecule has 1 rings (SSSR count). The smallest absolute Gasteiger partial charge is 0.0771 e. The molecule has 0 aliphatic heterocycles. The van der Waals surface area contributed by atoms with Gasteiger partial charge in [-0.05, 0) is 31.6 Å². The lowest BCUT2D eigenvalue weighted by molar-refractivity contribution is 0.0135. The van der Waals surface area contributed by atoms with Crippen LogP contribution in [0.15, 0.2) is 0 Å². The molecule has 2 unspecified atom stereocenters. The molecule has 0 amide bonds. The van der Waals surface area contributed by atoms with E-state index in [1.165, 1.54) is 12.8 Å². The second-order valence-corrected chi connectivity index (χ2v) is 4.95. The van der Waals surface area contributed by atoms with E-state index in [4.69, 9.17) is 0 Å². The summed E-state index contributed by atoms with van der Waals surface area (Å²) in [4.78, 5) is 0. The van der Waals surface area contributed by atoms with E-state index >= 15 is 0 Å². The highest BCUT2D eigenvalue weighted by Crippen LogP contribution is 2.24. The first kappa shape index (κ1) is 12.0. The highest BCUT2D eigenvalue weighted by atomic mass is 16.3. The molecule has 1 aliphatic rings. The first-order chi connectivity index (χ1) is 6.59. The van der Waals surface area contributed by atoms with Crippen LogP contribution in [0.1, 0.15) is 52.9 Å². The van der Waals surface area contributed by atoms with Crippen LogP contribution in [0.3, 0.4) is 0 Å². The van der Waals surface area contributed by atoms with Crippen molar-refractivity contribution in [1.29, 1.82) is 0 Å². The molecule has 0 heterocycles. The Kier molecular flexibility index (Phi) is 4.39. The highest BCUT2D eigenvalue weighted by Gasteiger charge is 2.29. The molecule has 0 bridgehead atoms. The van der Waals surface area contributed by atoms with Crippen LogP contribution in [0.2, 0.25) is 0 Å². The molecular weight excluding hydrogens is 174 g/mol. The summed E-state index contributed by atoms with van der Waals surface area (Å²) in [5, 5.41) is 13.8. The van der Waals surface area contributed by atoms with E-state index in [1.807, 2.05) is 0 Å². The van der Waals surface area contributed by atoms with Crippen LogP contribution < -0.4 is 5.32 Å². The van der Waals surface area contributed by atoms with E-state index < -0.39 is 5.60 Å². The van der Waals surface area contributed by atoms with Gasteiger partial charge in [-0.15, -0.1) is 0 Å². The fourth-order valence-electron chi connectivity index (χ4n) is 1.76. The fourth-order valence-corrected chi connectivity index (χ4v) is 1.76. The quantitative estimate of drug-likeness (QED) is 0.659. The van der Waals surface area contributed by atoms with Crippen molar-refractivity contribution in [3.8, 4) is 0 Å². The van der Waals surface area contributed by atoms with Crippen molar-refractivity contribution in [2.45, 2.75) is 64.5 Å². The zero-order valence-electron chi connectivity index (χ0n) is 9.84. The van der Waals surface area contributed by atoms with Gasteiger partial charge < -0.3 is 10.4 Å². The zero-order valence-corrected chi connectivity index (χ0v) is 9.84. The molecule has 1 saturated carbocycles. The topological polar surface area (TPSA) is 32.3 Å². The number of aliphatic hydroxyl groups is 1. The Morgan fingerprint density at radius 3 is 2.50 bits per heavy atom. The van der Waals surface area contributed by atoms with Crippen LogP contribution in [-0.2, 0) is 0 Å². The van der Waals surface area contributed by atoms with Gasteiger partial charge in [-0.3, -0.25) is 0 Å². The minimum atomic E-state index is -0.474. The van der Waals surface area contributed by atoms with Gasteiger partial charge in [-0.1, -0.05) is 27.2 Å². The molecule has 2 N–H and O–H groups in total. The fraction of sp³-hybridized carbons (Fsp3) is 1.00. The van der Waals surface area contributed by atoms with Gasteiger partial charge in [0.2, 0.25) is 0 Å². The normalized spacial score (nSPS) is 23.1. The summed E-state index contributed by atoms with van der Waals surface area (Å²) in [6.07, 6.45) is 5.54. The van der Waals surface area contributed by atoms with Gasteiger partial charge in [-0.25, -0.2) is 0 Å². The lowest BCUT2D eigenvalue weighted by Gasteiger charge is -2.30. The van der Waals surface area contributed by atoms with E-state index in [1.54, 1.807) is 0 Å². The minimum Gasteiger partial charge on any atom is -0.389 e. The summed E-state index contributed by atoms with van der Waals surface area (Å²) in [5.74, 6) is 0.626. The molecule has 2 atom stereocenters. The summed E-state index contributed by atoms with van der Waals surface area (Å²) < 4.78 is 0. The molecule has 0 aromatic rings. The van der Waals surface area contributed by atoms with Crippen LogP contribution in [0.25, 0.3) is 0 Å². The monoisotopic (exact) mass is 199 g/mol. The average Bonchev–Trinajstić information content (AvgIpc) is 2.98. The molecule has 84 valence electrons. The molecule has 0 spiro atoms. The molecule has 14 heavy (non-hydrogen) atoms. The Morgan fingerprint density at radius 2 is 2.07 bits per heavy atom. The Labute approximate surface area is 88.1 Å². The molecule has 0 saturated heterocycles. The number of hydrogen-bond acceptors (Lipinski definition) is 2. The SMILES string of the molecule is CCC(C)CC(O)(CC)CNC1CC1. The lowest BCUT2D eigenvalue weighted by Crippen LogP contribution is -2.42. The summed E-state index contributed by atoms with van der Waals surface area (Å²) in [6, 6.07) is 0.699. The molecule has 0 aromatic heterocycles. The zero-order chi connectivity index (χ0) is 10.6. The second-order valence-electron chi connectivity index (χ2n) is 4.95. The van der Waals surface area contributed by atoms with Crippen molar-refractivity contribution in [3.05, 3.63) is 0 Å². The third-order valence-corrected chi connectivity index (χ3v) is 3.38. The van der Waals surface area contributed by atoms with Gasteiger partial charge in [0.15, 0.2) is 0 Å². The largest absolute Gasteiger partial charge is 0.389 e. The van der Waals surface area contributed by atoms with Gasteiger partial charge in [0.05, 0.1) is 5.60 Å². The molecule has 2 heteroatoms. The van der Waals surface area contributed by atoms with Crippen molar-refractivity contribution in [3.63, 3.8) is 0 Å². The molecule has 2 nitrogen and oxygen atoms in total. The molecule has 0 radical (unpaired) electrons. The van der Waals surface area contributed by atoms with Crippen molar-refractivity contribution < 1.29 is 5.11 Å². The minimum absolute atomic E-state index is 0.474. The molecule has 0 aromatic carbocycles. The Hall–Kier alpha value is -0.0800. The van der Waals surface area contributed by atoms with Crippen molar-refractivity contribution in [2.24, 2.45) is 5.92 Å². The highest BCUT2D eigenvalue weighted by molar-refractivity contribution is 4.87. The van der Waals surface area contributed by atoms with Crippen LogP contribution in [0.4, 0.5) is 0 Å². The standard InChI is InChI=1S/C12H25NO/c1-4-10(3)8-12(14,5-2)9-13-11-6-7-11/h10-11,13-14H,4-9H2,1-3H3. The van der Waals surface area contributed by atoms with Crippen LogP contribution in [-0.4, -0.2) is 23.3 Å². The predicted molar refractivity (Wildman–Crippen MR) is 60.3 cm³/mol. The molecule has 1 fully saturated rings. The second kappa shape index (κ2) is 5.13. The molecule has 1 aliphatic carbocycles. The van der Waals surface area contributed by atoms with Crippen molar-refractivity contribution >= 4 is 0 Å². The maximum absolute atomic E-state index is 10.3. The Bertz CT molecular complexity index is 168. The third-order valence-electron chi connectivity index (χ3n) is 3.38. The maximum Gasteiger partial charge on any atom is 0.0771 e. The first-order valence-corrected chi connectivity index (χ1v) is 6.05. The summed E-state index contributed by atoms with van der Waals surface area (Å²) in [7, 11) is 0. The van der Waals surface area contributed by atoms with Crippen molar-refractivity contribution in [1.82, 2.24) is 5.32 Å². The van der Waals surface area contributed by atoms with E-state index in [2.05, 4.69) is 26.1 Å². The number of hydrogen-bond donors (Lipinski definition) is 2.